The Morgan fingerprint density at radius 3 is 2.57 bits per heavy atom. The van der Waals surface area contributed by atoms with Gasteiger partial charge in [0.2, 0.25) is 5.91 Å². The second-order valence-electron chi connectivity index (χ2n) is 5.85. The number of ether oxygens (including phenoxy) is 2. The first-order valence-electron chi connectivity index (χ1n) is 8.05. The van der Waals surface area contributed by atoms with E-state index in [-0.39, 0.29) is 24.0 Å². The molecule has 0 saturated carbocycles. The van der Waals surface area contributed by atoms with E-state index in [2.05, 4.69) is 24.1 Å². The molecule has 0 aromatic rings. The Morgan fingerprint density at radius 2 is 1.95 bits per heavy atom. The highest BCUT2D eigenvalue weighted by Crippen LogP contribution is 2.19. The molecule has 3 atom stereocenters. The number of nitrogens with one attached hydrogen (secondary N) is 1. The normalized spacial score (nSPS) is 30.8. The topological polar surface area (TPSA) is 71.0 Å². The second-order valence-corrected chi connectivity index (χ2v) is 5.85. The molecule has 2 N–H and O–H groups in total. The van der Waals surface area contributed by atoms with Crippen molar-refractivity contribution < 1.29 is 19.4 Å². The highest BCUT2D eigenvalue weighted by atomic mass is 16.5. The molecule has 2 aliphatic heterocycles. The molecule has 2 heterocycles. The lowest BCUT2D eigenvalue weighted by atomic mass is 9.98. The van der Waals surface area contributed by atoms with Gasteiger partial charge in [-0.2, -0.15) is 0 Å². The second kappa shape index (κ2) is 8.08. The van der Waals surface area contributed by atoms with Crippen LogP contribution >= 0.6 is 0 Å². The third kappa shape index (κ3) is 4.39. The molecule has 0 spiro atoms. The summed E-state index contributed by atoms with van der Waals surface area (Å²) >= 11 is 0. The van der Waals surface area contributed by atoms with Crippen LogP contribution in [0, 0.1) is 5.92 Å². The number of nitrogens with zero attached hydrogens (tertiary/aromatic N) is 1. The lowest BCUT2D eigenvalue weighted by Gasteiger charge is -2.26. The summed E-state index contributed by atoms with van der Waals surface area (Å²) in [5.74, 6) is 0.0298. The van der Waals surface area contributed by atoms with E-state index in [0.29, 0.717) is 26.4 Å². The van der Waals surface area contributed by atoms with Crippen molar-refractivity contribution in [1.82, 2.24) is 10.2 Å². The Balaban J connectivity index is 1.80. The van der Waals surface area contributed by atoms with Crippen LogP contribution in [0.2, 0.25) is 0 Å². The zero-order chi connectivity index (χ0) is 15.2. The Morgan fingerprint density at radius 1 is 1.29 bits per heavy atom. The number of hydrogen-bond donors (Lipinski definition) is 2. The van der Waals surface area contributed by atoms with Gasteiger partial charge in [-0.1, -0.05) is 13.8 Å². The van der Waals surface area contributed by atoms with Gasteiger partial charge in [0.15, 0.2) is 0 Å². The first-order chi connectivity index (χ1) is 10.2. The monoisotopic (exact) mass is 300 g/mol. The maximum absolute atomic E-state index is 12.2. The third-order valence-electron chi connectivity index (χ3n) is 4.54. The van der Waals surface area contributed by atoms with Crippen LogP contribution in [0.4, 0.5) is 0 Å². The van der Waals surface area contributed by atoms with Crippen molar-refractivity contribution in [2.45, 2.75) is 44.9 Å². The molecule has 1 amide bonds. The molecule has 2 rings (SSSR count). The Hall–Kier alpha value is -0.690. The highest BCUT2D eigenvalue weighted by molar-refractivity contribution is 5.79. The number of amides is 1. The molecular formula is C15H28N2O4. The highest BCUT2D eigenvalue weighted by Gasteiger charge is 2.38. The molecule has 2 aliphatic rings. The molecule has 2 fully saturated rings. The van der Waals surface area contributed by atoms with E-state index >= 15 is 0 Å². The first kappa shape index (κ1) is 16.7. The molecular weight excluding hydrogens is 272 g/mol. The van der Waals surface area contributed by atoms with Crippen LogP contribution in [0.25, 0.3) is 0 Å². The number of aliphatic hydroxyl groups is 1. The van der Waals surface area contributed by atoms with Gasteiger partial charge in [0.1, 0.15) is 6.10 Å². The van der Waals surface area contributed by atoms with Gasteiger partial charge in [-0.3, -0.25) is 4.79 Å². The number of likely N-dealkylation sites (N-methyl/N-ethyl adjacent to an activating group) is 1. The van der Waals surface area contributed by atoms with Crippen LogP contribution in [0.1, 0.15) is 26.7 Å². The molecule has 0 aliphatic carbocycles. The fourth-order valence-corrected chi connectivity index (χ4v) is 2.97. The third-order valence-corrected chi connectivity index (χ3v) is 4.54. The number of hydrogen-bond acceptors (Lipinski definition) is 5. The van der Waals surface area contributed by atoms with Crippen LogP contribution in [-0.2, 0) is 14.3 Å². The maximum atomic E-state index is 12.2. The van der Waals surface area contributed by atoms with E-state index < -0.39 is 6.10 Å². The van der Waals surface area contributed by atoms with Crippen molar-refractivity contribution in [2.24, 2.45) is 5.92 Å². The minimum Gasteiger partial charge on any atom is -0.388 e. The average Bonchev–Trinajstić information content (AvgIpc) is 2.86. The minimum atomic E-state index is -0.630. The maximum Gasteiger partial charge on any atom is 0.223 e. The SMILES string of the molecule is CCN(CC)C[C@@H]1OC[C@H](NC(=O)C2CCOCC2)[C@H]1O. The van der Waals surface area contributed by atoms with E-state index in [9.17, 15) is 9.90 Å². The summed E-state index contributed by atoms with van der Waals surface area (Å²) in [6, 6.07) is -0.291. The van der Waals surface area contributed by atoms with Gasteiger partial charge in [-0.05, 0) is 25.9 Å². The lowest BCUT2D eigenvalue weighted by molar-refractivity contribution is -0.129. The molecule has 0 aromatic heterocycles. The van der Waals surface area contributed by atoms with Crippen LogP contribution in [0.5, 0.6) is 0 Å². The number of carbonyl (C=O) groups excluding carboxylic acids is 1. The summed E-state index contributed by atoms with van der Waals surface area (Å²) in [7, 11) is 0. The molecule has 6 heteroatoms. The predicted octanol–water partition coefficient (Wildman–Crippen LogP) is -0.000700. The molecule has 21 heavy (non-hydrogen) atoms. The fourth-order valence-electron chi connectivity index (χ4n) is 2.97. The van der Waals surface area contributed by atoms with Crippen molar-refractivity contribution >= 4 is 5.91 Å². The quantitative estimate of drug-likeness (QED) is 0.722. The Kier molecular flexibility index (Phi) is 6.41. The van der Waals surface area contributed by atoms with Crippen molar-refractivity contribution in [3.05, 3.63) is 0 Å². The summed E-state index contributed by atoms with van der Waals surface area (Å²) < 4.78 is 10.9. The van der Waals surface area contributed by atoms with Crippen molar-refractivity contribution in [2.75, 3.05) is 39.5 Å². The molecule has 0 bridgehead atoms. The van der Waals surface area contributed by atoms with Gasteiger partial charge in [0, 0.05) is 25.7 Å². The first-order valence-corrected chi connectivity index (χ1v) is 8.05. The predicted molar refractivity (Wildman–Crippen MR) is 79.0 cm³/mol. The van der Waals surface area contributed by atoms with Crippen molar-refractivity contribution in [1.29, 1.82) is 0 Å². The summed E-state index contributed by atoms with van der Waals surface area (Å²) in [4.78, 5) is 14.4. The van der Waals surface area contributed by atoms with Gasteiger partial charge in [0.05, 0.1) is 18.8 Å². The molecule has 2 saturated heterocycles. The molecule has 6 nitrogen and oxygen atoms in total. The molecule has 0 unspecified atom stereocenters. The number of rotatable bonds is 6. The van der Waals surface area contributed by atoms with Crippen LogP contribution in [0.3, 0.4) is 0 Å². The largest absolute Gasteiger partial charge is 0.388 e. The molecule has 0 radical (unpaired) electrons. The number of carbonyl (C=O) groups is 1. The van der Waals surface area contributed by atoms with Crippen molar-refractivity contribution in [3.63, 3.8) is 0 Å². The van der Waals surface area contributed by atoms with Gasteiger partial charge in [-0.25, -0.2) is 0 Å². The smallest absolute Gasteiger partial charge is 0.223 e. The number of aliphatic hydroxyl groups excluding tert-OH is 1. The van der Waals surface area contributed by atoms with Gasteiger partial charge in [-0.15, -0.1) is 0 Å². The van der Waals surface area contributed by atoms with Gasteiger partial charge >= 0.3 is 0 Å². The van der Waals surface area contributed by atoms with Crippen molar-refractivity contribution in [3.8, 4) is 0 Å². The van der Waals surface area contributed by atoms with E-state index in [1.54, 1.807) is 0 Å². The zero-order valence-corrected chi connectivity index (χ0v) is 13.1. The van der Waals surface area contributed by atoms with E-state index in [4.69, 9.17) is 9.47 Å². The summed E-state index contributed by atoms with van der Waals surface area (Å²) in [5, 5.41) is 13.3. The van der Waals surface area contributed by atoms with Crippen LogP contribution in [-0.4, -0.2) is 73.6 Å². The zero-order valence-electron chi connectivity index (χ0n) is 13.1. The Labute approximate surface area is 126 Å². The van der Waals surface area contributed by atoms with E-state index in [1.165, 1.54) is 0 Å². The van der Waals surface area contributed by atoms with E-state index in [0.717, 1.165) is 25.9 Å². The minimum absolute atomic E-state index is 0.00721. The average molecular weight is 300 g/mol. The van der Waals surface area contributed by atoms with Crippen LogP contribution < -0.4 is 5.32 Å². The lowest BCUT2D eigenvalue weighted by Crippen LogP contribution is -2.48. The standard InChI is InChI=1S/C15H28N2O4/c1-3-17(4-2)9-13-14(18)12(10-21-13)16-15(19)11-5-7-20-8-6-11/h11-14,18H,3-10H2,1-2H3,(H,16,19)/t12-,13-,14+/m0/s1. The fraction of sp³-hybridized carbons (Fsp3) is 0.933. The van der Waals surface area contributed by atoms with Gasteiger partial charge < -0.3 is 24.8 Å². The van der Waals surface area contributed by atoms with Crippen LogP contribution in [0.15, 0.2) is 0 Å². The molecule has 122 valence electrons. The molecule has 0 aromatic carbocycles. The summed E-state index contributed by atoms with van der Waals surface area (Å²) in [6.07, 6.45) is 0.677. The van der Waals surface area contributed by atoms with Gasteiger partial charge in [0.25, 0.3) is 0 Å². The Bertz CT molecular complexity index is 330. The van der Waals surface area contributed by atoms with E-state index in [1.807, 2.05) is 0 Å². The summed E-state index contributed by atoms with van der Waals surface area (Å²) in [6.45, 7) is 8.44. The summed E-state index contributed by atoms with van der Waals surface area (Å²) in [5.41, 5.74) is 0.